The predicted molar refractivity (Wildman–Crippen MR) is 88.8 cm³/mol. The lowest BCUT2D eigenvalue weighted by Gasteiger charge is -2.20. The first-order valence-corrected chi connectivity index (χ1v) is 7.08. The van der Waals surface area contributed by atoms with E-state index in [4.69, 9.17) is 13.9 Å². The topological polar surface area (TPSA) is 34.8 Å². The lowest BCUT2D eigenvalue weighted by Crippen LogP contribution is -2.19. The smallest absolute Gasteiger partial charge is 0.161 e. The second-order valence-corrected chi connectivity index (χ2v) is 5.09. The third-order valence-corrected chi connectivity index (χ3v) is 3.30. The highest BCUT2D eigenvalue weighted by Crippen LogP contribution is 2.30. The minimum absolute atomic E-state index is 0. The largest absolute Gasteiger partial charge is 0.486 e. The molecule has 3 rings (SSSR count). The summed E-state index contributed by atoms with van der Waals surface area (Å²) in [6.45, 7) is 2.97. The van der Waals surface area contributed by atoms with Gasteiger partial charge >= 0.3 is 0 Å². The second-order valence-electron chi connectivity index (χ2n) is 5.09. The molecule has 0 radical (unpaired) electrons. The van der Waals surface area contributed by atoms with Gasteiger partial charge in [-0.25, -0.2) is 0 Å². The van der Waals surface area contributed by atoms with Crippen molar-refractivity contribution < 1.29 is 13.9 Å². The maximum absolute atomic E-state index is 5.61. The summed E-state index contributed by atoms with van der Waals surface area (Å²) in [6.07, 6.45) is 5.76. The van der Waals surface area contributed by atoms with Crippen LogP contribution in [0.15, 0.2) is 47.1 Å². The van der Waals surface area contributed by atoms with Gasteiger partial charge in [0.15, 0.2) is 11.5 Å². The molecule has 0 atom stereocenters. The number of benzene rings is 1. The van der Waals surface area contributed by atoms with Gasteiger partial charge in [-0.1, -0.05) is 12.1 Å². The van der Waals surface area contributed by atoms with E-state index < -0.39 is 0 Å². The first-order valence-electron chi connectivity index (χ1n) is 7.08. The summed E-state index contributed by atoms with van der Waals surface area (Å²) in [5.41, 5.74) is 1.22. The van der Waals surface area contributed by atoms with Crippen LogP contribution in [-0.4, -0.2) is 31.7 Å². The van der Waals surface area contributed by atoms with Gasteiger partial charge in [0.2, 0.25) is 0 Å². The quantitative estimate of drug-likeness (QED) is 0.842. The van der Waals surface area contributed by atoms with Gasteiger partial charge in [0, 0.05) is 13.1 Å². The van der Waals surface area contributed by atoms with Gasteiger partial charge in [-0.3, -0.25) is 4.90 Å². The number of halogens is 1. The summed E-state index contributed by atoms with van der Waals surface area (Å²) in [5, 5.41) is 0. The highest BCUT2D eigenvalue weighted by atomic mass is 35.5. The van der Waals surface area contributed by atoms with E-state index in [1.54, 1.807) is 6.26 Å². The van der Waals surface area contributed by atoms with Crippen molar-refractivity contribution in [2.45, 2.75) is 6.54 Å². The van der Waals surface area contributed by atoms with Crippen LogP contribution in [-0.2, 0) is 6.54 Å². The Hall–Kier alpha value is -1.91. The van der Waals surface area contributed by atoms with Crippen molar-refractivity contribution in [3.05, 3.63) is 54.0 Å². The van der Waals surface area contributed by atoms with Crippen molar-refractivity contribution in [1.29, 1.82) is 0 Å². The van der Waals surface area contributed by atoms with E-state index in [1.807, 2.05) is 24.3 Å². The van der Waals surface area contributed by atoms with Crippen molar-refractivity contribution in [2.24, 2.45) is 0 Å². The Kier molecular flexibility index (Phi) is 5.92. The Bertz CT molecular complexity index is 610. The fraction of sp³-hybridized carbons (Fsp3) is 0.294. The van der Waals surface area contributed by atoms with Crippen molar-refractivity contribution >= 4 is 18.5 Å². The molecule has 1 aromatic heterocycles. The molecule has 0 saturated heterocycles. The van der Waals surface area contributed by atoms with Crippen LogP contribution in [0.5, 0.6) is 11.5 Å². The third kappa shape index (κ3) is 4.29. The second kappa shape index (κ2) is 7.92. The zero-order chi connectivity index (χ0) is 14.5. The Morgan fingerprint density at radius 2 is 1.95 bits per heavy atom. The van der Waals surface area contributed by atoms with Crippen molar-refractivity contribution in [1.82, 2.24) is 4.90 Å². The van der Waals surface area contributed by atoms with Gasteiger partial charge in [-0.2, -0.15) is 0 Å². The Labute approximate surface area is 136 Å². The van der Waals surface area contributed by atoms with Crippen LogP contribution >= 0.6 is 12.4 Å². The SMILES string of the molecule is CN(C/C=C/c1ccco1)Cc1ccc2c(c1)OCCO2.Cl. The zero-order valence-corrected chi connectivity index (χ0v) is 13.3. The van der Waals surface area contributed by atoms with E-state index in [0.717, 1.165) is 30.3 Å². The van der Waals surface area contributed by atoms with E-state index >= 15 is 0 Å². The number of hydrogen-bond donors (Lipinski definition) is 0. The molecular weight excluding hydrogens is 302 g/mol. The van der Waals surface area contributed by atoms with Crippen LogP contribution in [0.25, 0.3) is 6.08 Å². The molecule has 4 nitrogen and oxygen atoms in total. The third-order valence-electron chi connectivity index (χ3n) is 3.30. The molecule has 2 heterocycles. The fourth-order valence-electron chi connectivity index (χ4n) is 2.30. The van der Waals surface area contributed by atoms with Crippen LogP contribution in [0.4, 0.5) is 0 Å². The minimum Gasteiger partial charge on any atom is -0.486 e. The van der Waals surface area contributed by atoms with Gasteiger partial charge in [0.05, 0.1) is 6.26 Å². The maximum Gasteiger partial charge on any atom is 0.161 e. The molecule has 1 aromatic carbocycles. The molecule has 1 aliphatic rings. The molecule has 0 spiro atoms. The molecule has 0 saturated carbocycles. The highest BCUT2D eigenvalue weighted by molar-refractivity contribution is 5.85. The first-order chi connectivity index (χ1) is 10.3. The van der Waals surface area contributed by atoms with Crippen molar-refractivity contribution in [3.63, 3.8) is 0 Å². The Morgan fingerprint density at radius 3 is 2.73 bits per heavy atom. The van der Waals surface area contributed by atoms with Crippen molar-refractivity contribution in [2.75, 3.05) is 26.8 Å². The fourth-order valence-corrected chi connectivity index (χ4v) is 2.30. The number of likely N-dealkylation sites (N-methyl/N-ethyl adjacent to an activating group) is 1. The first kappa shape index (κ1) is 16.5. The van der Waals surface area contributed by atoms with E-state index in [1.165, 1.54) is 5.56 Å². The molecule has 0 bridgehead atoms. The lowest BCUT2D eigenvalue weighted by molar-refractivity contribution is 0.171. The molecule has 5 heteroatoms. The number of nitrogens with zero attached hydrogens (tertiary/aromatic N) is 1. The number of hydrogen-bond acceptors (Lipinski definition) is 4. The molecule has 0 unspecified atom stereocenters. The van der Waals surface area contributed by atoms with Gasteiger partial charge in [-0.15, -0.1) is 12.4 Å². The predicted octanol–water partition coefficient (Wildman–Crippen LogP) is 3.62. The summed E-state index contributed by atoms with van der Waals surface area (Å²) in [7, 11) is 2.09. The van der Waals surface area contributed by atoms with E-state index in [0.29, 0.717) is 13.2 Å². The molecular formula is C17H20ClNO3. The molecule has 0 aliphatic carbocycles. The van der Waals surface area contributed by atoms with Crippen LogP contribution in [0, 0.1) is 0 Å². The van der Waals surface area contributed by atoms with Crippen LogP contribution < -0.4 is 9.47 Å². The number of rotatable bonds is 5. The van der Waals surface area contributed by atoms with Gasteiger partial charge < -0.3 is 13.9 Å². The monoisotopic (exact) mass is 321 g/mol. The van der Waals surface area contributed by atoms with Gasteiger partial charge in [0.25, 0.3) is 0 Å². The summed E-state index contributed by atoms with van der Waals surface area (Å²) in [6, 6.07) is 9.95. The molecule has 118 valence electrons. The van der Waals surface area contributed by atoms with E-state index in [2.05, 4.69) is 30.2 Å². The lowest BCUT2D eigenvalue weighted by atomic mass is 10.2. The van der Waals surface area contributed by atoms with E-state index in [-0.39, 0.29) is 12.4 Å². The average molecular weight is 322 g/mol. The Balaban J connectivity index is 0.00000176. The summed E-state index contributed by atoms with van der Waals surface area (Å²) in [4.78, 5) is 2.23. The summed E-state index contributed by atoms with van der Waals surface area (Å²) >= 11 is 0. The number of ether oxygens (including phenoxy) is 2. The average Bonchev–Trinajstić information content (AvgIpc) is 3.00. The van der Waals surface area contributed by atoms with Gasteiger partial charge in [0.1, 0.15) is 19.0 Å². The molecule has 0 amide bonds. The minimum atomic E-state index is 0. The Morgan fingerprint density at radius 1 is 1.14 bits per heavy atom. The standard InChI is InChI=1S/C17H19NO3.ClH/c1-18(8-2-4-15-5-3-9-19-15)13-14-6-7-16-17(12-14)21-11-10-20-16;/h2-7,9,12H,8,10-11,13H2,1H3;1H/b4-2+;. The van der Waals surface area contributed by atoms with Crippen LogP contribution in [0.2, 0.25) is 0 Å². The van der Waals surface area contributed by atoms with Crippen molar-refractivity contribution in [3.8, 4) is 11.5 Å². The summed E-state index contributed by atoms with van der Waals surface area (Å²) < 4.78 is 16.4. The summed E-state index contributed by atoms with van der Waals surface area (Å²) in [5.74, 6) is 2.56. The maximum atomic E-state index is 5.61. The molecule has 2 aromatic rings. The van der Waals surface area contributed by atoms with Gasteiger partial charge in [-0.05, 0) is 43.0 Å². The molecule has 0 N–H and O–H groups in total. The van der Waals surface area contributed by atoms with Crippen LogP contribution in [0.3, 0.4) is 0 Å². The normalized spacial score (nSPS) is 13.4. The van der Waals surface area contributed by atoms with E-state index in [9.17, 15) is 0 Å². The molecule has 1 aliphatic heterocycles. The number of furan rings is 1. The zero-order valence-electron chi connectivity index (χ0n) is 12.5. The molecule has 0 fully saturated rings. The van der Waals surface area contributed by atoms with Crippen LogP contribution in [0.1, 0.15) is 11.3 Å². The number of fused-ring (bicyclic) bond motifs is 1. The molecule has 22 heavy (non-hydrogen) atoms. The highest BCUT2D eigenvalue weighted by Gasteiger charge is 2.12.